The topological polar surface area (TPSA) is 64.4 Å². The average molecular weight is 319 g/mol. The molecule has 122 valence electrons. The first-order chi connectivity index (χ1) is 10.8. The van der Waals surface area contributed by atoms with Crippen molar-refractivity contribution < 1.29 is 18.7 Å². The minimum absolute atomic E-state index is 0.0414. The maximum atomic E-state index is 14.2. The van der Waals surface area contributed by atoms with Crippen LogP contribution in [-0.4, -0.2) is 47.3 Å². The Kier molecular flexibility index (Phi) is 4.78. The summed E-state index contributed by atoms with van der Waals surface area (Å²) >= 11 is 0. The van der Waals surface area contributed by atoms with Crippen molar-refractivity contribution in [1.29, 1.82) is 0 Å². The zero-order valence-electron chi connectivity index (χ0n) is 13.5. The van der Waals surface area contributed by atoms with Crippen LogP contribution in [0.2, 0.25) is 0 Å². The Bertz CT molecular complexity index is 753. The van der Waals surface area contributed by atoms with E-state index in [0.717, 1.165) is 0 Å². The summed E-state index contributed by atoms with van der Waals surface area (Å²) in [6.45, 7) is 3.65. The number of halogens is 1. The third-order valence-corrected chi connectivity index (χ3v) is 3.15. The van der Waals surface area contributed by atoms with Crippen LogP contribution in [0.15, 0.2) is 24.3 Å². The molecule has 0 N–H and O–H groups in total. The summed E-state index contributed by atoms with van der Waals surface area (Å²) in [4.78, 5) is 25.1. The fraction of sp³-hybridized carbons (Fsp3) is 0.312. The van der Waals surface area contributed by atoms with E-state index >= 15 is 0 Å². The van der Waals surface area contributed by atoms with Gasteiger partial charge < -0.3 is 9.64 Å². The number of amides is 1. The first kappa shape index (κ1) is 16.7. The van der Waals surface area contributed by atoms with Crippen LogP contribution in [0.4, 0.5) is 4.39 Å². The van der Waals surface area contributed by atoms with Crippen molar-refractivity contribution in [3.8, 4) is 5.69 Å². The minimum atomic E-state index is -0.677. The average Bonchev–Trinajstić information content (AvgIpc) is 2.88. The maximum Gasteiger partial charge on any atom is 0.357 e. The van der Waals surface area contributed by atoms with E-state index in [4.69, 9.17) is 4.74 Å². The van der Waals surface area contributed by atoms with Gasteiger partial charge in [-0.3, -0.25) is 4.79 Å². The van der Waals surface area contributed by atoms with Crippen LogP contribution in [0.1, 0.15) is 33.5 Å². The van der Waals surface area contributed by atoms with Gasteiger partial charge in [0, 0.05) is 20.2 Å². The SMILES string of the molecule is CCOC(=O)c1cc(C)nn1-c1ccc(C(=O)N(C)C)c(F)c1. The van der Waals surface area contributed by atoms with Gasteiger partial charge in [-0.2, -0.15) is 5.10 Å². The van der Waals surface area contributed by atoms with Gasteiger partial charge in [0.05, 0.1) is 23.6 Å². The van der Waals surface area contributed by atoms with Gasteiger partial charge in [-0.1, -0.05) is 0 Å². The normalized spacial score (nSPS) is 10.5. The Morgan fingerprint density at radius 2 is 2.00 bits per heavy atom. The number of carbonyl (C=O) groups is 2. The lowest BCUT2D eigenvalue weighted by Crippen LogP contribution is -2.23. The second kappa shape index (κ2) is 6.60. The molecule has 1 aromatic carbocycles. The van der Waals surface area contributed by atoms with Crippen molar-refractivity contribution in [3.63, 3.8) is 0 Å². The Hall–Kier alpha value is -2.70. The van der Waals surface area contributed by atoms with E-state index < -0.39 is 17.7 Å². The van der Waals surface area contributed by atoms with E-state index in [1.54, 1.807) is 34.0 Å². The zero-order valence-corrected chi connectivity index (χ0v) is 13.5. The molecule has 0 atom stereocenters. The molecule has 6 nitrogen and oxygen atoms in total. The zero-order chi connectivity index (χ0) is 17.1. The second-order valence-corrected chi connectivity index (χ2v) is 5.17. The molecule has 1 aromatic heterocycles. The molecule has 0 bridgehead atoms. The lowest BCUT2D eigenvalue weighted by atomic mass is 10.1. The highest BCUT2D eigenvalue weighted by atomic mass is 19.1. The van der Waals surface area contributed by atoms with Crippen molar-refractivity contribution >= 4 is 11.9 Å². The molecule has 0 aliphatic heterocycles. The summed E-state index contributed by atoms with van der Waals surface area (Å²) in [5, 5.41) is 4.19. The Morgan fingerprint density at radius 3 is 2.57 bits per heavy atom. The largest absolute Gasteiger partial charge is 0.461 e. The van der Waals surface area contributed by atoms with Crippen molar-refractivity contribution in [2.45, 2.75) is 13.8 Å². The highest BCUT2D eigenvalue weighted by Gasteiger charge is 2.19. The number of esters is 1. The van der Waals surface area contributed by atoms with Gasteiger partial charge in [0.15, 0.2) is 5.69 Å². The molecular formula is C16H18FN3O3. The van der Waals surface area contributed by atoms with Gasteiger partial charge in [0.25, 0.3) is 5.91 Å². The van der Waals surface area contributed by atoms with E-state index in [1.807, 2.05) is 0 Å². The molecule has 0 saturated heterocycles. The van der Waals surface area contributed by atoms with E-state index in [2.05, 4.69) is 5.10 Å². The van der Waals surface area contributed by atoms with Crippen molar-refractivity contribution in [1.82, 2.24) is 14.7 Å². The highest BCUT2D eigenvalue weighted by Crippen LogP contribution is 2.18. The van der Waals surface area contributed by atoms with Crippen LogP contribution in [0.25, 0.3) is 5.69 Å². The fourth-order valence-corrected chi connectivity index (χ4v) is 2.10. The molecule has 0 saturated carbocycles. The fourth-order valence-electron chi connectivity index (χ4n) is 2.10. The molecule has 23 heavy (non-hydrogen) atoms. The van der Waals surface area contributed by atoms with Gasteiger partial charge in [-0.25, -0.2) is 13.9 Å². The molecule has 2 rings (SSSR count). The lowest BCUT2D eigenvalue weighted by molar-refractivity contribution is 0.0515. The summed E-state index contributed by atoms with van der Waals surface area (Å²) in [7, 11) is 3.09. The number of aromatic nitrogens is 2. The number of hydrogen-bond acceptors (Lipinski definition) is 4. The molecule has 7 heteroatoms. The molecule has 0 aliphatic rings. The van der Waals surface area contributed by atoms with Crippen LogP contribution in [0, 0.1) is 12.7 Å². The van der Waals surface area contributed by atoms with Crippen molar-refractivity contribution in [3.05, 3.63) is 47.0 Å². The minimum Gasteiger partial charge on any atom is -0.461 e. The molecule has 0 aliphatic carbocycles. The molecule has 2 aromatic rings. The summed E-state index contributed by atoms with van der Waals surface area (Å²) in [6, 6.07) is 5.65. The van der Waals surface area contributed by atoms with Gasteiger partial charge in [-0.15, -0.1) is 0 Å². The first-order valence-corrected chi connectivity index (χ1v) is 7.10. The Balaban J connectivity index is 2.46. The summed E-state index contributed by atoms with van der Waals surface area (Å²) in [6.07, 6.45) is 0. The van der Waals surface area contributed by atoms with E-state index in [0.29, 0.717) is 11.4 Å². The van der Waals surface area contributed by atoms with E-state index in [1.165, 1.54) is 27.8 Å². The first-order valence-electron chi connectivity index (χ1n) is 7.10. The van der Waals surface area contributed by atoms with Crippen LogP contribution < -0.4 is 0 Å². The molecule has 0 unspecified atom stereocenters. The number of ether oxygens (including phenoxy) is 1. The summed E-state index contributed by atoms with van der Waals surface area (Å²) in [5.74, 6) is -1.65. The Labute approximate surface area is 133 Å². The summed E-state index contributed by atoms with van der Waals surface area (Å²) < 4.78 is 20.5. The van der Waals surface area contributed by atoms with Gasteiger partial charge in [-0.05, 0) is 32.0 Å². The van der Waals surface area contributed by atoms with Gasteiger partial charge >= 0.3 is 5.97 Å². The monoisotopic (exact) mass is 319 g/mol. The molecular weight excluding hydrogens is 301 g/mol. The highest BCUT2D eigenvalue weighted by molar-refractivity contribution is 5.94. The number of rotatable bonds is 4. The lowest BCUT2D eigenvalue weighted by Gasteiger charge is -2.12. The van der Waals surface area contributed by atoms with Crippen LogP contribution in [0.5, 0.6) is 0 Å². The Morgan fingerprint density at radius 1 is 1.30 bits per heavy atom. The van der Waals surface area contributed by atoms with Gasteiger partial charge in [0.2, 0.25) is 0 Å². The third-order valence-electron chi connectivity index (χ3n) is 3.15. The predicted molar refractivity (Wildman–Crippen MR) is 82.2 cm³/mol. The van der Waals surface area contributed by atoms with Crippen LogP contribution >= 0.6 is 0 Å². The molecule has 1 heterocycles. The number of hydrogen-bond donors (Lipinski definition) is 0. The smallest absolute Gasteiger partial charge is 0.357 e. The standard InChI is InChI=1S/C16H18FN3O3/c1-5-23-16(22)14-8-10(2)18-20(14)11-6-7-12(13(17)9-11)15(21)19(3)4/h6-9H,5H2,1-4H3. The molecule has 1 amide bonds. The molecule has 0 spiro atoms. The third kappa shape index (κ3) is 3.39. The molecule has 0 fully saturated rings. The number of nitrogens with zero attached hydrogens (tertiary/aromatic N) is 3. The molecule has 0 radical (unpaired) electrons. The van der Waals surface area contributed by atoms with Gasteiger partial charge in [0.1, 0.15) is 5.82 Å². The van der Waals surface area contributed by atoms with E-state index in [9.17, 15) is 14.0 Å². The van der Waals surface area contributed by atoms with Crippen molar-refractivity contribution in [2.24, 2.45) is 0 Å². The maximum absolute atomic E-state index is 14.2. The summed E-state index contributed by atoms with van der Waals surface area (Å²) in [5.41, 5.74) is 1.10. The quantitative estimate of drug-likeness (QED) is 0.811. The van der Waals surface area contributed by atoms with Crippen molar-refractivity contribution in [2.75, 3.05) is 20.7 Å². The number of aryl methyl sites for hydroxylation is 1. The number of carbonyl (C=O) groups excluding carboxylic acids is 2. The van der Waals surface area contributed by atoms with Crippen LogP contribution in [0.3, 0.4) is 0 Å². The second-order valence-electron chi connectivity index (χ2n) is 5.17. The van der Waals surface area contributed by atoms with E-state index in [-0.39, 0.29) is 17.9 Å². The van der Waals surface area contributed by atoms with Crippen LogP contribution in [-0.2, 0) is 4.74 Å². The predicted octanol–water partition coefficient (Wildman–Crippen LogP) is 2.20. The number of benzene rings is 1.